The number of likely N-dealkylation sites (tertiary alicyclic amines) is 1. The summed E-state index contributed by atoms with van der Waals surface area (Å²) in [5.41, 5.74) is 1.70. The van der Waals surface area contributed by atoms with Gasteiger partial charge < -0.3 is 15.3 Å². The number of piperidine rings is 1. The molecule has 1 atom stereocenters. The van der Waals surface area contributed by atoms with Gasteiger partial charge in [-0.25, -0.2) is 0 Å². The second-order valence-electron chi connectivity index (χ2n) is 6.35. The van der Waals surface area contributed by atoms with Crippen molar-refractivity contribution in [3.63, 3.8) is 0 Å². The van der Waals surface area contributed by atoms with Gasteiger partial charge in [0.1, 0.15) is 0 Å². The van der Waals surface area contributed by atoms with Gasteiger partial charge in [-0.3, -0.25) is 4.79 Å². The first-order valence-electron chi connectivity index (χ1n) is 8.38. The highest BCUT2D eigenvalue weighted by Gasteiger charge is 2.17. The van der Waals surface area contributed by atoms with Crippen LogP contribution in [0.2, 0.25) is 0 Å². The van der Waals surface area contributed by atoms with Gasteiger partial charge in [0.15, 0.2) is 0 Å². The number of nitrogens with zero attached hydrogens (tertiary/aromatic N) is 1. The van der Waals surface area contributed by atoms with Crippen LogP contribution in [0.3, 0.4) is 0 Å². The average Bonchev–Trinajstić information content (AvgIpc) is 2.54. The van der Waals surface area contributed by atoms with E-state index in [0.717, 1.165) is 43.2 Å². The molecule has 122 valence electrons. The Kier molecular flexibility index (Phi) is 6.40. The lowest BCUT2D eigenvalue weighted by Gasteiger charge is -2.30. The summed E-state index contributed by atoms with van der Waals surface area (Å²) < 4.78 is 0. The molecule has 2 rings (SSSR count). The van der Waals surface area contributed by atoms with Gasteiger partial charge in [-0.05, 0) is 56.0 Å². The predicted molar refractivity (Wildman–Crippen MR) is 89.8 cm³/mol. The van der Waals surface area contributed by atoms with Crippen molar-refractivity contribution in [3.8, 4) is 0 Å². The molecular formula is C18H28N2O2. The van der Waals surface area contributed by atoms with Crippen molar-refractivity contribution < 1.29 is 9.90 Å². The van der Waals surface area contributed by atoms with Crippen LogP contribution >= 0.6 is 0 Å². The number of hydrogen-bond donors (Lipinski definition) is 2. The van der Waals surface area contributed by atoms with Gasteiger partial charge in [-0.2, -0.15) is 0 Å². The topological polar surface area (TPSA) is 52.6 Å². The van der Waals surface area contributed by atoms with Crippen LogP contribution in [0.15, 0.2) is 24.3 Å². The quantitative estimate of drug-likeness (QED) is 0.848. The lowest BCUT2D eigenvalue weighted by atomic mass is 9.98. The molecule has 0 radical (unpaired) electrons. The van der Waals surface area contributed by atoms with E-state index < -0.39 is 6.10 Å². The van der Waals surface area contributed by atoms with E-state index in [1.165, 1.54) is 12.8 Å². The van der Waals surface area contributed by atoms with Gasteiger partial charge in [0.25, 0.3) is 0 Å². The maximum atomic E-state index is 11.3. The number of carbonyl (C=O) groups is 1. The van der Waals surface area contributed by atoms with Crippen molar-refractivity contribution in [2.75, 3.05) is 25.0 Å². The Labute approximate surface area is 133 Å². The zero-order valence-electron chi connectivity index (χ0n) is 13.7. The fourth-order valence-electron chi connectivity index (χ4n) is 2.80. The Morgan fingerprint density at radius 1 is 1.32 bits per heavy atom. The third-order valence-corrected chi connectivity index (χ3v) is 4.50. The average molecular weight is 304 g/mol. The Morgan fingerprint density at radius 2 is 1.95 bits per heavy atom. The lowest BCUT2D eigenvalue weighted by molar-refractivity contribution is -0.115. The van der Waals surface area contributed by atoms with Gasteiger partial charge >= 0.3 is 0 Å². The molecule has 1 amide bonds. The molecule has 1 saturated heterocycles. The normalized spacial score (nSPS) is 18.1. The third-order valence-electron chi connectivity index (χ3n) is 4.50. The van der Waals surface area contributed by atoms with Crippen LogP contribution < -0.4 is 5.32 Å². The Hall–Kier alpha value is -1.39. The highest BCUT2D eigenvalue weighted by Crippen LogP contribution is 2.21. The molecule has 0 aromatic heterocycles. The smallest absolute Gasteiger partial charge is 0.224 e. The highest BCUT2D eigenvalue weighted by molar-refractivity contribution is 5.90. The maximum Gasteiger partial charge on any atom is 0.224 e. The maximum absolute atomic E-state index is 11.3. The van der Waals surface area contributed by atoms with E-state index in [1.807, 2.05) is 31.2 Å². The van der Waals surface area contributed by atoms with Gasteiger partial charge in [0.05, 0.1) is 6.10 Å². The monoisotopic (exact) mass is 304 g/mol. The summed E-state index contributed by atoms with van der Waals surface area (Å²) >= 11 is 0. The van der Waals surface area contributed by atoms with Crippen molar-refractivity contribution in [3.05, 3.63) is 29.8 Å². The van der Waals surface area contributed by atoms with Crippen LogP contribution in [0.25, 0.3) is 0 Å². The first kappa shape index (κ1) is 17.0. The molecule has 4 heteroatoms. The minimum Gasteiger partial charge on any atom is -0.388 e. The number of amides is 1. The van der Waals surface area contributed by atoms with Crippen LogP contribution in [-0.4, -0.2) is 35.5 Å². The molecule has 0 saturated carbocycles. The Bertz CT molecular complexity index is 464. The summed E-state index contributed by atoms with van der Waals surface area (Å²) in [6, 6.07) is 7.51. The van der Waals surface area contributed by atoms with E-state index >= 15 is 0 Å². The van der Waals surface area contributed by atoms with Crippen LogP contribution in [-0.2, 0) is 4.79 Å². The summed E-state index contributed by atoms with van der Waals surface area (Å²) in [6.45, 7) is 7.38. The molecule has 0 bridgehead atoms. The molecule has 1 aliphatic rings. The molecule has 1 aromatic carbocycles. The predicted octanol–water partition coefficient (Wildman–Crippen LogP) is 3.19. The summed E-state index contributed by atoms with van der Waals surface area (Å²) in [5, 5.41) is 13.1. The number of benzene rings is 1. The van der Waals surface area contributed by atoms with E-state index in [1.54, 1.807) is 0 Å². The van der Waals surface area contributed by atoms with Crippen LogP contribution in [0.5, 0.6) is 0 Å². The molecule has 4 nitrogen and oxygen atoms in total. The van der Waals surface area contributed by atoms with Crippen LogP contribution in [0.4, 0.5) is 5.69 Å². The summed E-state index contributed by atoms with van der Waals surface area (Å²) in [6.07, 6.45) is 3.33. The van der Waals surface area contributed by atoms with Crippen LogP contribution in [0, 0.1) is 5.92 Å². The lowest BCUT2D eigenvalue weighted by Crippen LogP contribution is -2.34. The molecule has 0 aliphatic carbocycles. The summed E-state index contributed by atoms with van der Waals surface area (Å²) in [5.74, 6) is 0.847. The van der Waals surface area contributed by atoms with Gasteiger partial charge in [-0.1, -0.05) is 26.0 Å². The van der Waals surface area contributed by atoms with E-state index in [-0.39, 0.29) is 5.91 Å². The van der Waals surface area contributed by atoms with Gasteiger partial charge in [-0.15, -0.1) is 0 Å². The number of aliphatic hydroxyl groups is 1. The number of aliphatic hydroxyl groups excluding tert-OH is 1. The fourth-order valence-corrected chi connectivity index (χ4v) is 2.80. The first-order valence-corrected chi connectivity index (χ1v) is 8.38. The largest absolute Gasteiger partial charge is 0.388 e. The van der Waals surface area contributed by atoms with Crippen molar-refractivity contribution in [2.24, 2.45) is 5.92 Å². The second-order valence-corrected chi connectivity index (χ2v) is 6.35. The molecule has 1 heterocycles. The Balaban J connectivity index is 1.79. The highest BCUT2D eigenvalue weighted by atomic mass is 16.3. The molecule has 1 unspecified atom stereocenters. The number of carbonyl (C=O) groups excluding carboxylic acids is 1. The molecular weight excluding hydrogens is 276 g/mol. The second kappa shape index (κ2) is 8.30. The third kappa shape index (κ3) is 5.11. The number of anilines is 1. The molecule has 1 aliphatic heterocycles. The van der Waals surface area contributed by atoms with Crippen molar-refractivity contribution in [1.29, 1.82) is 0 Å². The minimum atomic E-state index is -0.435. The molecule has 2 N–H and O–H groups in total. The zero-order chi connectivity index (χ0) is 15.9. The Morgan fingerprint density at radius 3 is 2.55 bits per heavy atom. The zero-order valence-corrected chi connectivity index (χ0v) is 13.7. The van der Waals surface area contributed by atoms with Crippen molar-refractivity contribution >= 4 is 11.6 Å². The van der Waals surface area contributed by atoms with E-state index in [4.69, 9.17) is 0 Å². The van der Waals surface area contributed by atoms with Crippen molar-refractivity contribution in [2.45, 2.75) is 45.6 Å². The standard InChI is InChI=1S/C18H28N2O2/c1-3-18(22)19-16-6-4-15(5-7-16)17(21)10-13-20-11-8-14(2)9-12-20/h4-7,14,17,21H,3,8-13H2,1-2H3,(H,19,22). The van der Waals surface area contributed by atoms with Crippen LogP contribution in [0.1, 0.15) is 51.2 Å². The molecule has 1 aromatic rings. The number of hydrogen-bond acceptors (Lipinski definition) is 3. The van der Waals surface area contributed by atoms with Gasteiger partial charge in [0.2, 0.25) is 5.91 Å². The molecule has 0 spiro atoms. The van der Waals surface area contributed by atoms with Crippen molar-refractivity contribution in [1.82, 2.24) is 4.90 Å². The van der Waals surface area contributed by atoms with E-state index in [2.05, 4.69) is 17.1 Å². The van der Waals surface area contributed by atoms with E-state index in [9.17, 15) is 9.90 Å². The summed E-state index contributed by atoms with van der Waals surface area (Å²) in [4.78, 5) is 13.8. The van der Waals surface area contributed by atoms with Gasteiger partial charge in [0, 0.05) is 18.7 Å². The van der Waals surface area contributed by atoms with E-state index in [0.29, 0.717) is 6.42 Å². The fraction of sp³-hybridized carbons (Fsp3) is 0.611. The minimum absolute atomic E-state index is 0.00706. The number of rotatable bonds is 6. The first-order chi connectivity index (χ1) is 10.6. The summed E-state index contributed by atoms with van der Waals surface area (Å²) in [7, 11) is 0. The number of nitrogens with one attached hydrogen (secondary N) is 1. The molecule has 22 heavy (non-hydrogen) atoms. The molecule has 1 fully saturated rings. The SMILES string of the molecule is CCC(=O)Nc1ccc(C(O)CCN2CCC(C)CC2)cc1.